The van der Waals surface area contributed by atoms with Gasteiger partial charge in [0.1, 0.15) is 5.75 Å². The van der Waals surface area contributed by atoms with E-state index in [4.69, 9.17) is 9.88 Å². The minimum atomic E-state index is -3.86. The molecule has 1 aromatic carbocycles. The largest absolute Gasteiger partial charge is 0.496 e. The molecular formula is C13H20N2O4S. The second-order valence-corrected chi connectivity index (χ2v) is 6.15. The van der Waals surface area contributed by atoms with E-state index in [0.29, 0.717) is 12.3 Å². The zero-order valence-electron chi connectivity index (χ0n) is 12.1. The monoisotopic (exact) mass is 300 g/mol. The van der Waals surface area contributed by atoms with Gasteiger partial charge in [0.2, 0.25) is 10.0 Å². The molecule has 0 unspecified atom stereocenters. The third-order valence-electron chi connectivity index (χ3n) is 2.95. The smallest absolute Gasteiger partial charge is 0.257 e. The third-order valence-corrected chi connectivity index (χ3v) is 3.87. The van der Waals surface area contributed by atoms with Crippen LogP contribution < -0.4 is 9.88 Å². The number of nitrogens with zero attached hydrogens (tertiary/aromatic N) is 1. The number of rotatable bonds is 5. The number of benzene rings is 1. The Labute approximate surface area is 119 Å². The Hall–Kier alpha value is -1.60. The fourth-order valence-electron chi connectivity index (χ4n) is 1.93. The maximum absolute atomic E-state index is 12.5. The van der Waals surface area contributed by atoms with Gasteiger partial charge in [-0.2, -0.15) is 0 Å². The Bertz CT molecular complexity index is 596. The van der Waals surface area contributed by atoms with Crippen LogP contribution in [-0.4, -0.2) is 38.9 Å². The highest BCUT2D eigenvalue weighted by molar-refractivity contribution is 7.89. The van der Waals surface area contributed by atoms with Gasteiger partial charge in [-0.15, -0.1) is 0 Å². The molecule has 0 bridgehead atoms. The van der Waals surface area contributed by atoms with Crippen molar-refractivity contribution in [1.82, 2.24) is 4.90 Å². The van der Waals surface area contributed by atoms with Crippen molar-refractivity contribution in [2.24, 2.45) is 5.14 Å². The number of methoxy groups -OCH3 is 1. The number of hydrogen-bond acceptors (Lipinski definition) is 4. The molecule has 0 aromatic heterocycles. The van der Waals surface area contributed by atoms with Gasteiger partial charge in [-0.1, -0.05) is 0 Å². The average molecular weight is 300 g/mol. The van der Waals surface area contributed by atoms with Crippen molar-refractivity contribution in [3.63, 3.8) is 0 Å². The molecular weight excluding hydrogens is 280 g/mol. The summed E-state index contributed by atoms with van der Waals surface area (Å²) >= 11 is 0. The van der Waals surface area contributed by atoms with Crippen molar-refractivity contribution >= 4 is 15.9 Å². The standard InChI is InChI=1S/C13H20N2O4S/c1-5-15(9(2)3)13(16)11-8-10(20(14,17)18)6-7-12(11)19-4/h6-9H,5H2,1-4H3,(H2,14,17,18). The normalized spacial score (nSPS) is 11.5. The van der Waals surface area contributed by atoms with Crippen LogP contribution >= 0.6 is 0 Å². The van der Waals surface area contributed by atoms with Gasteiger partial charge >= 0.3 is 0 Å². The van der Waals surface area contributed by atoms with Crippen molar-refractivity contribution in [3.05, 3.63) is 23.8 Å². The van der Waals surface area contributed by atoms with Crippen molar-refractivity contribution in [2.45, 2.75) is 31.7 Å². The molecule has 2 N–H and O–H groups in total. The average Bonchev–Trinajstić information content (AvgIpc) is 2.37. The molecule has 1 rings (SSSR count). The summed E-state index contributed by atoms with van der Waals surface area (Å²) in [7, 11) is -2.44. The van der Waals surface area contributed by atoms with Gasteiger partial charge in [-0.25, -0.2) is 13.6 Å². The van der Waals surface area contributed by atoms with Gasteiger partial charge in [0.15, 0.2) is 0 Å². The van der Waals surface area contributed by atoms with Crippen LogP contribution in [0.25, 0.3) is 0 Å². The molecule has 0 heterocycles. The highest BCUT2D eigenvalue weighted by Gasteiger charge is 2.22. The number of primary sulfonamides is 1. The highest BCUT2D eigenvalue weighted by atomic mass is 32.2. The Morgan fingerprint density at radius 2 is 2.00 bits per heavy atom. The lowest BCUT2D eigenvalue weighted by Gasteiger charge is -2.26. The molecule has 1 amide bonds. The molecule has 0 saturated carbocycles. The quantitative estimate of drug-likeness (QED) is 0.885. The number of carbonyl (C=O) groups is 1. The minimum Gasteiger partial charge on any atom is -0.496 e. The van der Waals surface area contributed by atoms with Gasteiger partial charge in [0, 0.05) is 12.6 Å². The summed E-state index contributed by atoms with van der Waals surface area (Å²) in [4.78, 5) is 14.0. The molecule has 0 aliphatic rings. The minimum absolute atomic E-state index is 0.00431. The van der Waals surface area contributed by atoms with E-state index in [1.807, 2.05) is 20.8 Å². The molecule has 6 nitrogen and oxygen atoms in total. The van der Waals surface area contributed by atoms with Gasteiger partial charge in [-0.3, -0.25) is 4.79 Å². The van der Waals surface area contributed by atoms with Crippen LogP contribution in [0.4, 0.5) is 0 Å². The lowest BCUT2D eigenvalue weighted by Crippen LogP contribution is -2.37. The van der Waals surface area contributed by atoms with E-state index >= 15 is 0 Å². The zero-order chi connectivity index (χ0) is 15.5. The fourth-order valence-corrected chi connectivity index (χ4v) is 2.47. The molecule has 0 radical (unpaired) electrons. The summed E-state index contributed by atoms with van der Waals surface area (Å²) < 4.78 is 27.9. The van der Waals surface area contributed by atoms with Gasteiger partial charge < -0.3 is 9.64 Å². The van der Waals surface area contributed by atoms with E-state index in [0.717, 1.165) is 0 Å². The maximum Gasteiger partial charge on any atom is 0.257 e. The van der Waals surface area contributed by atoms with E-state index in [-0.39, 0.29) is 22.4 Å². The van der Waals surface area contributed by atoms with Crippen LogP contribution in [0.1, 0.15) is 31.1 Å². The maximum atomic E-state index is 12.5. The fraction of sp³-hybridized carbons (Fsp3) is 0.462. The number of amides is 1. The van der Waals surface area contributed by atoms with E-state index in [1.165, 1.54) is 25.3 Å². The summed E-state index contributed by atoms with van der Waals surface area (Å²) in [5.74, 6) is 0.0337. The summed E-state index contributed by atoms with van der Waals surface area (Å²) in [5.41, 5.74) is 0.189. The van der Waals surface area contributed by atoms with E-state index in [9.17, 15) is 13.2 Å². The Morgan fingerprint density at radius 3 is 2.40 bits per heavy atom. The summed E-state index contributed by atoms with van der Waals surface area (Å²) in [6, 6.07) is 3.99. The Kier molecular flexibility index (Phi) is 5.13. The van der Waals surface area contributed by atoms with E-state index < -0.39 is 10.0 Å². The molecule has 112 valence electrons. The third kappa shape index (κ3) is 3.49. The second kappa shape index (κ2) is 6.23. The molecule has 0 fully saturated rings. The molecule has 0 aliphatic heterocycles. The Morgan fingerprint density at radius 1 is 1.40 bits per heavy atom. The van der Waals surface area contributed by atoms with Crippen LogP contribution in [0.15, 0.2) is 23.1 Å². The molecule has 7 heteroatoms. The van der Waals surface area contributed by atoms with Gasteiger partial charge in [0.25, 0.3) is 5.91 Å². The Balaban J connectivity index is 3.37. The van der Waals surface area contributed by atoms with E-state index in [2.05, 4.69) is 0 Å². The number of ether oxygens (including phenoxy) is 1. The second-order valence-electron chi connectivity index (χ2n) is 4.59. The lowest BCUT2D eigenvalue weighted by atomic mass is 10.1. The lowest BCUT2D eigenvalue weighted by molar-refractivity contribution is 0.0713. The van der Waals surface area contributed by atoms with Gasteiger partial charge in [-0.05, 0) is 39.0 Å². The molecule has 0 saturated heterocycles. The number of carbonyl (C=O) groups excluding carboxylic acids is 1. The predicted molar refractivity (Wildman–Crippen MR) is 76.2 cm³/mol. The molecule has 20 heavy (non-hydrogen) atoms. The van der Waals surface area contributed by atoms with Crippen LogP contribution in [0.3, 0.4) is 0 Å². The first-order valence-electron chi connectivity index (χ1n) is 6.24. The molecule has 1 aromatic rings. The number of nitrogens with two attached hydrogens (primary N) is 1. The zero-order valence-corrected chi connectivity index (χ0v) is 12.9. The summed E-state index contributed by atoms with van der Waals surface area (Å²) in [5, 5.41) is 5.09. The van der Waals surface area contributed by atoms with Crippen LogP contribution in [0.5, 0.6) is 5.75 Å². The van der Waals surface area contributed by atoms with Crippen molar-refractivity contribution in [3.8, 4) is 5.75 Å². The van der Waals surface area contributed by atoms with Crippen molar-refractivity contribution in [1.29, 1.82) is 0 Å². The molecule has 0 aliphatic carbocycles. The van der Waals surface area contributed by atoms with E-state index in [1.54, 1.807) is 4.90 Å². The summed E-state index contributed by atoms with van der Waals surface area (Å²) in [6.07, 6.45) is 0. The number of hydrogen-bond donors (Lipinski definition) is 1. The predicted octanol–water partition coefficient (Wildman–Crippen LogP) is 1.21. The molecule has 0 spiro atoms. The van der Waals surface area contributed by atoms with Crippen LogP contribution in [-0.2, 0) is 10.0 Å². The number of sulfonamides is 1. The van der Waals surface area contributed by atoms with Crippen LogP contribution in [0.2, 0.25) is 0 Å². The highest BCUT2D eigenvalue weighted by Crippen LogP contribution is 2.24. The first kappa shape index (κ1) is 16.5. The van der Waals surface area contributed by atoms with Crippen molar-refractivity contribution in [2.75, 3.05) is 13.7 Å². The SMILES string of the molecule is CCN(C(=O)c1cc(S(N)(=O)=O)ccc1OC)C(C)C. The molecule has 0 atom stereocenters. The first-order valence-corrected chi connectivity index (χ1v) is 7.78. The topological polar surface area (TPSA) is 89.7 Å². The van der Waals surface area contributed by atoms with Crippen molar-refractivity contribution < 1.29 is 17.9 Å². The van der Waals surface area contributed by atoms with Gasteiger partial charge in [0.05, 0.1) is 17.6 Å². The first-order chi connectivity index (χ1) is 9.22. The van der Waals surface area contributed by atoms with Crippen LogP contribution in [0, 0.1) is 0 Å². The summed E-state index contributed by atoms with van der Waals surface area (Å²) in [6.45, 7) is 6.14.